The van der Waals surface area contributed by atoms with E-state index in [0.717, 1.165) is 41.5 Å². The van der Waals surface area contributed by atoms with Gasteiger partial charge >= 0.3 is 14.8 Å². The van der Waals surface area contributed by atoms with Crippen molar-refractivity contribution in [2.45, 2.75) is 45.8 Å². The van der Waals surface area contributed by atoms with Crippen LogP contribution in [0.3, 0.4) is 0 Å². The third kappa shape index (κ3) is 6.87. The quantitative estimate of drug-likeness (QED) is 0.252. The zero-order chi connectivity index (χ0) is 22.9. The van der Waals surface area contributed by atoms with Gasteiger partial charge in [0.2, 0.25) is 0 Å². The number of hydrogen-bond acceptors (Lipinski definition) is 5. The van der Waals surface area contributed by atoms with E-state index < -0.39 is 8.80 Å². The van der Waals surface area contributed by atoms with Crippen LogP contribution in [0.4, 0.5) is 0 Å². The molecule has 2 aromatic carbocycles. The standard InChI is InChI=1S/C25H34O5Si/c1-7-8-20-9-12-22(13-10-20)24-14-11-21(15-16-31(27-4,28-5)29-6)17-23(24)18-30-25(26)19(2)3/h9-14,17H,2,7-8,15-16,18H2,1,3-6H3. The average molecular weight is 443 g/mol. The predicted octanol–water partition coefficient (Wildman–Crippen LogP) is 5.35. The smallest absolute Gasteiger partial charge is 0.457 e. The fourth-order valence-electron chi connectivity index (χ4n) is 3.46. The van der Waals surface area contributed by atoms with E-state index in [1.165, 1.54) is 5.56 Å². The SMILES string of the molecule is C=C(C)C(=O)OCc1cc(CC[Si](OC)(OC)OC)ccc1-c1ccc(CCC)cc1. The molecule has 2 rings (SSSR count). The number of benzene rings is 2. The van der Waals surface area contributed by atoms with Gasteiger partial charge in [0.05, 0.1) is 0 Å². The van der Waals surface area contributed by atoms with Crippen molar-refractivity contribution < 1.29 is 22.8 Å². The van der Waals surface area contributed by atoms with Gasteiger partial charge in [-0.25, -0.2) is 4.79 Å². The number of ether oxygens (including phenoxy) is 1. The molecule has 2 aromatic rings. The lowest BCUT2D eigenvalue weighted by Crippen LogP contribution is -2.43. The normalized spacial score (nSPS) is 11.4. The van der Waals surface area contributed by atoms with E-state index >= 15 is 0 Å². The van der Waals surface area contributed by atoms with E-state index in [-0.39, 0.29) is 12.6 Å². The highest BCUT2D eigenvalue weighted by Gasteiger charge is 2.37. The largest absolute Gasteiger partial charge is 0.500 e. The van der Waals surface area contributed by atoms with E-state index in [1.807, 2.05) is 0 Å². The molecule has 0 saturated carbocycles. The summed E-state index contributed by atoms with van der Waals surface area (Å²) in [5.41, 5.74) is 5.92. The Morgan fingerprint density at radius 3 is 2.10 bits per heavy atom. The number of esters is 1. The predicted molar refractivity (Wildman–Crippen MR) is 126 cm³/mol. The van der Waals surface area contributed by atoms with Crippen molar-refractivity contribution in [3.63, 3.8) is 0 Å². The molecule has 0 radical (unpaired) electrons. The lowest BCUT2D eigenvalue weighted by Gasteiger charge is -2.24. The van der Waals surface area contributed by atoms with Crippen LogP contribution < -0.4 is 0 Å². The Balaban J connectivity index is 2.31. The zero-order valence-electron chi connectivity index (χ0n) is 19.3. The molecule has 0 aliphatic rings. The maximum absolute atomic E-state index is 12.0. The fourth-order valence-corrected chi connectivity index (χ4v) is 5.17. The maximum Gasteiger partial charge on any atom is 0.500 e. The molecule has 0 heterocycles. The number of carbonyl (C=O) groups is 1. The Bertz CT molecular complexity index is 864. The lowest BCUT2D eigenvalue weighted by molar-refractivity contribution is -0.140. The first-order valence-electron chi connectivity index (χ1n) is 10.6. The van der Waals surface area contributed by atoms with Crippen molar-refractivity contribution in [2.75, 3.05) is 21.3 Å². The van der Waals surface area contributed by atoms with E-state index in [4.69, 9.17) is 18.0 Å². The van der Waals surface area contributed by atoms with Crippen molar-refractivity contribution in [3.05, 3.63) is 71.3 Å². The van der Waals surface area contributed by atoms with Gasteiger partial charge in [0.15, 0.2) is 0 Å². The van der Waals surface area contributed by atoms with E-state index in [2.05, 4.69) is 56.0 Å². The molecule has 0 aliphatic heterocycles. The van der Waals surface area contributed by atoms with Crippen LogP contribution in [0.25, 0.3) is 11.1 Å². The molecular weight excluding hydrogens is 408 g/mol. The second-order valence-corrected chi connectivity index (χ2v) is 10.7. The summed E-state index contributed by atoms with van der Waals surface area (Å²) in [6.07, 6.45) is 2.91. The van der Waals surface area contributed by atoms with Gasteiger partial charge in [0.1, 0.15) is 6.61 Å². The summed E-state index contributed by atoms with van der Waals surface area (Å²) in [6.45, 7) is 7.68. The molecule has 0 unspecified atom stereocenters. The summed E-state index contributed by atoms with van der Waals surface area (Å²) in [6, 6.07) is 15.5. The van der Waals surface area contributed by atoms with Crippen LogP contribution in [-0.4, -0.2) is 36.1 Å². The number of carbonyl (C=O) groups excluding carboxylic acids is 1. The molecule has 0 N–H and O–H groups in total. The molecule has 0 atom stereocenters. The van der Waals surface area contributed by atoms with Crippen molar-refractivity contribution in [3.8, 4) is 11.1 Å². The van der Waals surface area contributed by atoms with Gasteiger partial charge in [0, 0.05) is 32.9 Å². The van der Waals surface area contributed by atoms with Gasteiger partial charge in [-0.3, -0.25) is 0 Å². The van der Waals surface area contributed by atoms with E-state index in [1.54, 1.807) is 28.3 Å². The van der Waals surface area contributed by atoms with Crippen LogP contribution in [0.2, 0.25) is 6.04 Å². The first-order valence-corrected chi connectivity index (χ1v) is 12.5. The van der Waals surface area contributed by atoms with Crippen molar-refractivity contribution in [1.29, 1.82) is 0 Å². The minimum atomic E-state index is -2.66. The molecule has 0 saturated heterocycles. The van der Waals surface area contributed by atoms with Crippen LogP contribution in [0.15, 0.2) is 54.6 Å². The summed E-state index contributed by atoms with van der Waals surface area (Å²) in [7, 11) is 2.20. The topological polar surface area (TPSA) is 54.0 Å². The van der Waals surface area contributed by atoms with E-state index in [9.17, 15) is 4.79 Å². The number of rotatable bonds is 12. The second-order valence-electron chi connectivity index (χ2n) is 7.59. The van der Waals surface area contributed by atoms with Crippen LogP contribution in [0.1, 0.15) is 37.0 Å². The highest BCUT2D eigenvalue weighted by molar-refractivity contribution is 6.60. The highest BCUT2D eigenvalue weighted by atomic mass is 28.4. The van der Waals surface area contributed by atoms with Crippen LogP contribution >= 0.6 is 0 Å². The monoisotopic (exact) mass is 442 g/mol. The van der Waals surface area contributed by atoms with Crippen molar-refractivity contribution in [1.82, 2.24) is 0 Å². The maximum atomic E-state index is 12.0. The summed E-state index contributed by atoms with van der Waals surface area (Å²) >= 11 is 0. The molecular formula is C25H34O5Si. The van der Waals surface area contributed by atoms with Crippen LogP contribution in [0, 0.1) is 0 Å². The number of aryl methyl sites for hydroxylation is 2. The minimum Gasteiger partial charge on any atom is -0.457 e. The van der Waals surface area contributed by atoms with Gasteiger partial charge in [-0.15, -0.1) is 0 Å². The van der Waals surface area contributed by atoms with Crippen LogP contribution in [0.5, 0.6) is 0 Å². The molecule has 5 nitrogen and oxygen atoms in total. The third-order valence-electron chi connectivity index (χ3n) is 5.33. The van der Waals surface area contributed by atoms with Gasteiger partial charge in [0.25, 0.3) is 0 Å². The van der Waals surface area contributed by atoms with E-state index in [0.29, 0.717) is 11.6 Å². The molecule has 6 heteroatoms. The Kier molecular flexibility index (Phi) is 9.65. The molecule has 0 fully saturated rings. The Hall–Kier alpha value is -2.25. The second kappa shape index (κ2) is 12.0. The lowest BCUT2D eigenvalue weighted by atomic mass is 9.96. The molecule has 0 spiro atoms. The van der Waals surface area contributed by atoms with Gasteiger partial charge in [-0.2, -0.15) is 0 Å². The minimum absolute atomic E-state index is 0.187. The van der Waals surface area contributed by atoms with Gasteiger partial charge in [-0.05, 0) is 47.6 Å². The Labute approximate surface area is 187 Å². The van der Waals surface area contributed by atoms with Gasteiger partial charge < -0.3 is 18.0 Å². The summed E-state index contributed by atoms with van der Waals surface area (Å²) in [5, 5.41) is 0. The Morgan fingerprint density at radius 2 is 1.55 bits per heavy atom. The fraction of sp³-hybridized carbons (Fsp3) is 0.400. The molecule has 0 aromatic heterocycles. The molecule has 0 bridgehead atoms. The zero-order valence-corrected chi connectivity index (χ0v) is 20.3. The van der Waals surface area contributed by atoms with Crippen LogP contribution in [-0.2, 0) is 42.3 Å². The van der Waals surface area contributed by atoms with Gasteiger partial charge in [-0.1, -0.05) is 62.4 Å². The van der Waals surface area contributed by atoms with Crippen molar-refractivity contribution >= 4 is 14.8 Å². The summed E-state index contributed by atoms with van der Waals surface area (Å²) in [4.78, 5) is 12.0. The van der Waals surface area contributed by atoms with Crippen molar-refractivity contribution in [2.24, 2.45) is 0 Å². The molecule has 0 amide bonds. The average Bonchev–Trinajstić information content (AvgIpc) is 2.79. The third-order valence-corrected chi connectivity index (χ3v) is 8.06. The molecule has 168 valence electrons. The number of hydrogen-bond donors (Lipinski definition) is 0. The molecule has 0 aliphatic carbocycles. The Morgan fingerprint density at radius 1 is 0.935 bits per heavy atom. The first-order chi connectivity index (χ1) is 14.9. The highest BCUT2D eigenvalue weighted by Crippen LogP contribution is 2.28. The first kappa shape index (κ1) is 25.0. The summed E-state index contributed by atoms with van der Waals surface area (Å²) < 4.78 is 22.1. The summed E-state index contributed by atoms with van der Waals surface area (Å²) in [5.74, 6) is -0.390. The molecule has 31 heavy (non-hydrogen) atoms.